The summed E-state index contributed by atoms with van der Waals surface area (Å²) in [5, 5.41) is 14.1. The molecule has 19 heavy (non-hydrogen) atoms. The zero-order valence-electron chi connectivity index (χ0n) is 10.3. The summed E-state index contributed by atoms with van der Waals surface area (Å²) in [6.07, 6.45) is 7.65. The quantitative estimate of drug-likeness (QED) is 0.695. The number of rotatable bonds is 1. The topological polar surface area (TPSA) is 98.6 Å². The van der Waals surface area contributed by atoms with E-state index < -0.39 is 11.7 Å². The Morgan fingerprint density at radius 2 is 2.42 bits per heavy atom. The predicted octanol–water partition coefficient (Wildman–Crippen LogP) is -0.0793. The van der Waals surface area contributed by atoms with Crippen molar-refractivity contribution in [2.75, 3.05) is 5.73 Å². The first-order chi connectivity index (χ1) is 9.05. The fourth-order valence-electron chi connectivity index (χ4n) is 2.23. The van der Waals surface area contributed by atoms with Crippen molar-refractivity contribution in [3.05, 3.63) is 18.2 Å². The number of fused-ring (bicyclic) bond motifs is 1. The Labute approximate surface area is 109 Å². The molecule has 2 aromatic heterocycles. The van der Waals surface area contributed by atoms with E-state index in [-0.39, 0.29) is 6.10 Å². The number of aliphatic hydroxyl groups is 1. The highest BCUT2D eigenvalue weighted by molar-refractivity contribution is 5.58. The average Bonchev–Trinajstić information content (AvgIpc) is 2.94. The van der Waals surface area contributed by atoms with E-state index in [9.17, 15) is 5.11 Å². The molecule has 0 amide bonds. The maximum absolute atomic E-state index is 9.99. The summed E-state index contributed by atoms with van der Waals surface area (Å²) in [7, 11) is 0. The van der Waals surface area contributed by atoms with Gasteiger partial charge in [-0.1, -0.05) is 5.92 Å². The van der Waals surface area contributed by atoms with Gasteiger partial charge in [-0.3, -0.25) is 0 Å². The monoisotopic (exact) mass is 259 g/mol. The molecule has 1 aliphatic rings. The van der Waals surface area contributed by atoms with Crippen molar-refractivity contribution in [2.45, 2.75) is 31.2 Å². The molecule has 0 unspecified atom stereocenters. The molecule has 1 saturated heterocycles. The summed E-state index contributed by atoms with van der Waals surface area (Å²) in [4.78, 5) is 8.03. The van der Waals surface area contributed by atoms with Crippen LogP contribution in [0.15, 0.2) is 12.5 Å². The van der Waals surface area contributed by atoms with Crippen LogP contribution in [0.1, 0.15) is 25.1 Å². The van der Waals surface area contributed by atoms with Crippen LogP contribution >= 0.6 is 0 Å². The third-order valence-electron chi connectivity index (χ3n) is 3.43. The third-order valence-corrected chi connectivity index (χ3v) is 3.43. The zero-order valence-corrected chi connectivity index (χ0v) is 10.3. The average molecular weight is 259 g/mol. The van der Waals surface area contributed by atoms with E-state index in [2.05, 4.69) is 21.0 Å². The van der Waals surface area contributed by atoms with E-state index in [1.165, 1.54) is 6.33 Å². The van der Waals surface area contributed by atoms with Crippen LogP contribution in [-0.4, -0.2) is 36.4 Å². The summed E-state index contributed by atoms with van der Waals surface area (Å²) < 4.78 is 7.31. The van der Waals surface area contributed by atoms with Crippen LogP contribution in [0.5, 0.6) is 0 Å². The van der Waals surface area contributed by atoms with Crippen molar-refractivity contribution < 1.29 is 9.84 Å². The summed E-state index contributed by atoms with van der Waals surface area (Å²) in [5.74, 6) is 2.77. The maximum atomic E-state index is 9.99. The van der Waals surface area contributed by atoms with E-state index in [4.69, 9.17) is 16.9 Å². The smallest absolute Gasteiger partial charge is 0.196 e. The van der Waals surface area contributed by atoms with E-state index in [0.29, 0.717) is 23.6 Å². The van der Waals surface area contributed by atoms with Gasteiger partial charge in [0.2, 0.25) is 0 Å². The van der Waals surface area contributed by atoms with Crippen LogP contribution in [0.25, 0.3) is 5.65 Å². The minimum Gasteiger partial charge on any atom is -0.389 e. The van der Waals surface area contributed by atoms with Gasteiger partial charge in [0.1, 0.15) is 12.4 Å². The number of nitrogens with two attached hydrogens (primary N) is 1. The molecular weight excluding hydrogens is 246 g/mol. The van der Waals surface area contributed by atoms with Gasteiger partial charge in [-0.25, -0.2) is 14.5 Å². The lowest BCUT2D eigenvalue weighted by molar-refractivity contribution is -0.0303. The van der Waals surface area contributed by atoms with Crippen molar-refractivity contribution in [1.29, 1.82) is 0 Å². The minimum absolute atomic E-state index is 0.291. The van der Waals surface area contributed by atoms with Gasteiger partial charge in [-0.2, -0.15) is 5.10 Å². The second kappa shape index (κ2) is 3.91. The van der Waals surface area contributed by atoms with Crippen LogP contribution in [0.3, 0.4) is 0 Å². The van der Waals surface area contributed by atoms with Crippen LogP contribution in [0, 0.1) is 12.3 Å². The lowest BCUT2D eigenvalue weighted by atomic mass is 9.99. The number of ether oxygens (including phenoxy) is 1. The third kappa shape index (κ3) is 1.65. The van der Waals surface area contributed by atoms with Gasteiger partial charge in [-0.05, 0) is 6.92 Å². The molecule has 3 atom stereocenters. The van der Waals surface area contributed by atoms with E-state index in [0.717, 1.165) is 0 Å². The second-order valence-electron chi connectivity index (χ2n) is 4.67. The highest BCUT2D eigenvalue weighted by Gasteiger charge is 2.44. The summed E-state index contributed by atoms with van der Waals surface area (Å²) in [6, 6.07) is 0. The van der Waals surface area contributed by atoms with Crippen molar-refractivity contribution in [1.82, 2.24) is 19.6 Å². The molecule has 0 saturated carbocycles. The van der Waals surface area contributed by atoms with Gasteiger partial charge in [0.25, 0.3) is 0 Å². The lowest BCUT2D eigenvalue weighted by Crippen LogP contribution is -2.33. The number of hydrogen-bond donors (Lipinski definition) is 2. The molecule has 0 aliphatic carbocycles. The molecule has 7 heteroatoms. The number of aliphatic hydroxyl groups excluding tert-OH is 1. The first kappa shape index (κ1) is 11.9. The van der Waals surface area contributed by atoms with Crippen LogP contribution in [0.2, 0.25) is 0 Å². The number of terminal acetylenes is 1. The summed E-state index contributed by atoms with van der Waals surface area (Å²) in [6.45, 7) is 1.68. The van der Waals surface area contributed by atoms with Crippen LogP contribution in [-0.2, 0) is 4.74 Å². The number of aromatic nitrogens is 4. The Hall–Kier alpha value is -2.17. The zero-order chi connectivity index (χ0) is 13.6. The normalized spacial score (nSPS) is 30.6. The molecule has 3 heterocycles. The second-order valence-corrected chi connectivity index (χ2v) is 4.67. The van der Waals surface area contributed by atoms with Crippen molar-refractivity contribution >= 4 is 11.5 Å². The first-order valence-corrected chi connectivity index (χ1v) is 5.83. The highest BCUT2D eigenvalue weighted by atomic mass is 16.5. The molecule has 0 spiro atoms. The van der Waals surface area contributed by atoms with Crippen LogP contribution < -0.4 is 5.73 Å². The molecular formula is C12H13N5O2. The van der Waals surface area contributed by atoms with E-state index >= 15 is 0 Å². The molecule has 7 nitrogen and oxygen atoms in total. The van der Waals surface area contributed by atoms with Gasteiger partial charge in [0, 0.05) is 6.42 Å². The molecule has 3 rings (SSSR count). The largest absolute Gasteiger partial charge is 0.389 e. The van der Waals surface area contributed by atoms with Gasteiger partial charge in [0.05, 0.1) is 18.0 Å². The summed E-state index contributed by atoms with van der Waals surface area (Å²) in [5.41, 5.74) is 5.88. The molecule has 2 aromatic rings. The number of hydrogen-bond acceptors (Lipinski definition) is 6. The van der Waals surface area contributed by atoms with Crippen molar-refractivity contribution in [3.63, 3.8) is 0 Å². The first-order valence-electron chi connectivity index (χ1n) is 5.83. The highest BCUT2D eigenvalue weighted by Crippen LogP contribution is 2.39. The summed E-state index contributed by atoms with van der Waals surface area (Å²) >= 11 is 0. The van der Waals surface area contributed by atoms with E-state index in [1.807, 2.05) is 0 Å². The maximum Gasteiger partial charge on any atom is 0.196 e. The molecule has 1 aliphatic heterocycles. The predicted molar refractivity (Wildman–Crippen MR) is 66.9 cm³/mol. The Kier molecular flexibility index (Phi) is 2.45. The van der Waals surface area contributed by atoms with Crippen molar-refractivity contribution in [2.24, 2.45) is 0 Å². The van der Waals surface area contributed by atoms with Gasteiger partial charge < -0.3 is 15.6 Å². The number of nitrogen functional groups attached to an aromatic ring is 1. The molecule has 0 radical (unpaired) electrons. The number of anilines is 1. The van der Waals surface area contributed by atoms with Crippen LogP contribution in [0.4, 0.5) is 5.82 Å². The fourth-order valence-corrected chi connectivity index (χ4v) is 2.23. The number of imidazole rings is 1. The molecule has 98 valence electrons. The molecule has 0 bridgehead atoms. The molecule has 3 N–H and O–H groups in total. The van der Waals surface area contributed by atoms with Gasteiger partial charge >= 0.3 is 0 Å². The standard InChI is InChI=1S/C12H13N5O2/c1-3-12(2)9(18)4-8(19-12)7-5-14-11-10(13)15-6-16-17(7)11/h1,5-6,8-9,18H,4H2,2H3,(H2,13,15,16)/t8-,9+,12-/m1/s1. The lowest BCUT2D eigenvalue weighted by Gasteiger charge is -2.20. The molecule has 0 aromatic carbocycles. The van der Waals surface area contributed by atoms with Gasteiger partial charge in [0.15, 0.2) is 17.1 Å². The van der Waals surface area contributed by atoms with Gasteiger partial charge in [-0.15, -0.1) is 6.42 Å². The fraction of sp³-hybridized carbons (Fsp3) is 0.417. The minimum atomic E-state index is -0.993. The van der Waals surface area contributed by atoms with E-state index in [1.54, 1.807) is 17.6 Å². The molecule has 1 fully saturated rings. The van der Waals surface area contributed by atoms with Crippen molar-refractivity contribution in [3.8, 4) is 12.3 Å². The Bertz CT molecular complexity index is 676. The Morgan fingerprint density at radius 1 is 1.63 bits per heavy atom. The Balaban J connectivity index is 2.04. The SMILES string of the molecule is C#C[C@@]1(C)O[C@@H](c2cnc3c(N)ncnn23)C[C@@H]1O. The number of nitrogens with zero attached hydrogens (tertiary/aromatic N) is 4. The Morgan fingerprint density at radius 3 is 3.11 bits per heavy atom.